The molecule has 1 saturated heterocycles. The van der Waals surface area contributed by atoms with Gasteiger partial charge in [0.1, 0.15) is 5.75 Å². The van der Waals surface area contributed by atoms with Crippen LogP contribution in [0.1, 0.15) is 0 Å². The van der Waals surface area contributed by atoms with E-state index in [-0.39, 0.29) is 5.75 Å². The van der Waals surface area contributed by atoms with Crippen LogP contribution in [0.15, 0.2) is 28.8 Å². The van der Waals surface area contributed by atoms with Gasteiger partial charge in [-0.15, -0.1) is 0 Å². The van der Waals surface area contributed by atoms with Gasteiger partial charge in [0.05, 0.1) is 0 Å². The van der Waals surface area contributed by atoms with E-state index in [1.807, 2.05) is 0 Å². The average Bonchev–Trinajstić information content (AvgIpc) is 2.90. The Morgan fingerprint density at radius 2 is 1.79 bits per heavy atom. The van der Waals surface area contributed by atoms with Crippen LogP contribution in [0.5, 0.6) is 5.75 Å². The van der Waals surface area contributed by atoms with Crippen LogP contribution in [0.3, 0.4) is 0 Å². The first-order valence-corrected chi connectivity index (χ1v) is 6.29. The summed E-state index contributed by atoms with van der Waals surface area (Å²) >= 11 is 0. The molecule has 0 radical (unpaired) electrons. The Kier molecular flexibility index (Phi) is 3.08. The summed E-state index contributed by atoms with van der Waals surface area (Å²) in [5, 5.41) is 13.3. The molecule has 1 aromatic carbocycles. The molecule has 1 aliphatic rings. The number of rotatable bonds is 2. The lowest BCUT2D eigenvalue weighted by molar-refractivity contribution is 0.309. The molecule has 0 amide bonds. The first-order valence-electron chi connectivity index (χ1n) is 6.29. The second kappa shape index (κ2) is 4.89. The number of anilines is 1. The third-order valence-electron chi connectivity index (χ3n) is 3.32. The van der Waals surface area contributed by atoms with Gasteiger partial charge in [0, 0.05) is 31.7 Å². The summed E-state index contributed by atoms with van der Waals surface area (Å²) in [5.41, 5.74) is 0.811. The summed E-state index contributed by atoms with van der Waals surface area (Å²) in [7, 11) is 2.11. The highest BCUT2D eigenvalue weighted by Crippen LogP contribution is 2.22. The van der Waals surface area contributed by atoms with Gasteiger partial charge in [-0.1, -0.05) is 0 Å². The molecule has 19 heavy (non-hydrogen) atoms. The van der Waals surface area contributed by atoms with Crippen molar-refractivity contribution in [3.63, 3.8) is 0 Å². The first kappa shape index (κ1) is 12.0. The molecule has 0 saturated carbocycles. The number of aromatic nitrogens is 2. The molecule has 6 nitrogen and oxygen atoms in total. The number of aromatic hydroxyl groups is 1. The lowest BCUT2D eigenvalue weighted by Gasteiger charge is -2.31. The zero-order valence-corrected chi connectivity index (χ0v) is 10.8. The largest absolute Gasteiger partial charge is 0.508 e. The lowest BCUT2D eigenvalue weighted by atomic mass is 10.2. The Hall–Kier alpha value is -2.08. The van der Waals surface area contributed by atoms with E-state index in [4.69, 9.17) is 4.52 Å². The van der Waals surface area contributed by atoms with Crippen LogP contribution < -0.4 is 4.90 Å². The maximum absolute atomic E-state index is 9.26. The molecular weight excluding hydrogens is 244 g/mol. The van der Waals surface area contributed by atoms with E-state index in [2.05, 4.69) is 27.0 Å². The molecule has 1 fully saturated rings. The molecule has 100 valence electrons. The number of hydrogen-bond donors (Lipinski definition) is 1. The highest BCUT2D eigenvalue weighted by molar-refractivity contribution is 5.55. The van der Waals surface area contributed by atoms with E-state index in [1.54, 1.807) is 24.3 Å². The Morgan fingerprint density at radius 1 is 1.11 bits per heavy atom. The highest BCUT2D eigenvalue weighted by atomic mass is 16.5. The Morgan fingerprint density at radius 3 is 2.47 bits per heavy atom. The van der Waals surface area contributed by atoms with Crippen molar-refractivity contribution >= 4 is 5.95 Å². The molecule has 2 heterocycles. The fraction of sp³-hybridized carbons (Fsp3) is 0.385. The van der Waals surface area contributed by atoms with Gasteiger partial charge in [-0.3, -0.25) is 0 Å². The van der Waals surface area contributed by atoms with Crippen LogP contribution in [0.2, 0.25) is 0 Å². The number of benzene rings is 1. The number of hydrogen-bond acceptors (Lipinski definition) is 6. The summed E-state index contributed by atoms with van der Waals surface area (Å²) in [6.45, 7) is 3.82. The van der Waals surface area contributed by atoms with Crippen molar-refractivity contribution in [2.24, 2.45) is 0 Å². The van der Waals surface area contributed by atoms with Crippen LogP contribution in [-0.2, 0) is 0 Å². The molecule has 0 spiro atoms. The van der Waals surface area contributed by atoms with E-state index in [0.717, 1.165) is 31.7 Å². The van der Waals surface area contributed by atoms with Gasteiger partial charge in [-0.05, 0) is 36.5 Å². The maximum Gasteiger partial charge on any atom is 0.266 e. The SMILES string of the molecule is CN1CCN(c2noc(-c3ccc(O)cc3)n2)CC1. The van der Waals surface area contributed by atoms with Gasteiger partial charge in [0.2, 0.25) is 0 Å². The summed E-state index contributed by atoms with van der Waals surface area (Å²) in [5.74, 6) is 1.34. The molecule has 0 aliphatic carbocycles. The summed E-state index contributed by atoms with van der Waals surface area (Å²) in [4.78, 5) is 8.80. The Balaban J connectivity index is 1.77. The molecule has 0 unspecified atom stereocenters. The van der Waals surface area contributed by atoms with Gasteiger partial charge < -0.3 is 19.4 Å². The van der Waals surface area contributed by atoms with Crippen molar-refractivity contribution < 1.29 is 9.63 Å². The molecule has 0 atom stereocenters. The van der Waals surface area contributed by atoms with Crippen molar-refractivity contribution in [1.29, 1.82) is 0 Å². The average molecular weight is 260 g/mol. The molecule has 3 rings (SSSR count). The van der Waals surface area contributed by atoms with E-state index >= 15 is 0 Å². The van der Waals surface area contributed by atoms with Crippen LogP contribution in [0, 0.1) is 0 Å². The Bertz CT molecular complexity index is 544. The molecule has 1 N–H and O–H groups in total. The fourth-order valence-electron chi connectivity index (χ4n) is 2.07. The molecule has 0 bridgehead atoms. The molecule has 2 aromatic rings. The minimum atomic E-state index is 0.225. The monoisotopic (exact) mass is 260 g/mol. The van der Waals surface area contributed by atoms with E-state index in [1.165, 1.54) is 0 Å². The molecule has 1 aliphatic heterocycles. The number of nitrogens with zero attached hydrogens (tertiary/aromatic N) is 4. The molecule has 6 heteroatoms. The van der Waals surface area contributed by atoms with Gasteiger partial charge in [-0.25, -0.2) is 0 Å². The van der Waals surface area contributed by atoms with Gasteiger partial charge in [-0.2, -0.15) is 4.98 Å². The predicted octanol–water partition coefficient (Wildman–Crippen LogP) is 1.19. The van der Waals surface area contributed by atoms with Gasteiger partial charge in [0.15, 0.2) is 0 Å². The molecule has 1 aromatic heterocycles. The van der Waals surface area contributed by atoms with Crippen molar-refractivity contribution in [3.05, 3.63) is 24.3 Å². The quantitative estimate of drug-likeness (QED) is 0.875. The van der Waals surface area contributed by atoms with Crippen LogP contribution >= 0.6 is 0 Å². The smallest absolute Gasteiger partial charge is 0.266 e. The Labute approximate surface area is 111 Å². The summed E-state index contributed by atoms with van der Waals surface area (Å²) in [6, 6.07) is 6.73. The zero-order chi connectivity index (χ0) is 13.2. The minimum absolute atomic E-state index is 0.225. The van der Waals surface area contributed by atoms with E-state index < -0.39 is 0 Å². The van der Waals surface area contributed by atoms with Crippen molar-refractivity contribution in [1.82, 2.24) is 15.0 Å². The van der Waals surface area contributed by atoms with E-state index in [9.17, 15) is 5.11 Å². The fourth-order valence-corrected chi connectivity index (χ4v) is 2.07. The minimum Gasteiger partial charge on any atom is -0.508 e. The predicted molar refractivity (Wildman–Crippen MR) is 71.1 cm³/mol. The van der Waals surface area contributed by atoms with Crippen LogP contribution in [0.25, 0.3) is 11.5 Å². The summed E-state index contributed by atoms with van der Waals surface area (Å²) < 4.78 is 5.27. The lowest BCUT2D eigenvalue weighted by Crippen LogP contribution is -2.44. The number of piperazine rings is 1. The second-order valence-electron chi connectivity index (χ2n) is 4.74. The topological polar surface area (TPSA) is 65.6 Å². The van der Waals surface area contributed by atoms with Crippen LogP contribution in [0.4, 0.5) is 5.95 Å². The first-order chi connectivity index (χ1) is 9.22. The van der Waals surface area contributed by atoms with E-state index in [0.29, 0.717) is 11.8 Å². The number of likely N-dealkylation sites (N-methyl/N-ethyl adjacent to an activating group) is 1. The standard InChI is InChI=1S/C13H16N4O2/c1-16-6-8-17(9-7-16)13-14-12(19-15-13)10-2-4-11(18)5-3-10/h2-5,18H,6-9H2,1H3. The van der Waals surface area contributed by atoms with Crippen LogP contribution in [-0.4, -0.2) is 53.4 Å². The molecular formula is C13H16N4O2. The third-order valence-corrected chi connectivity index (χ3v) is 3.32. The highest BCUT2D eigenvalue weighted by Gasteiger charge is 2.19. The van der Waals surface area contributed by atoms with Crippen molar-refractivity contribution in [3.8, 4) is 17.2 Å². The number of phenolic OH excluding ortho intramolecular Hbond substituents is 1. The summed E-state index contributed by atoms with van der Waals surface area (Å²) in [6.07, 6.45) is 0. The van der Waals surface area contributed by atoms with Gasteiger partial charge in [0.25, 0.3) is 11.8 Å². The van der Waals surface area contributed by atoms with Crippen molar-refractivity contribution in [2.45, 2.75) is 0 Å². The van der Waals surface area contributed by atoms with Crippen molar-refractivity contribution in [2.75, 3.05) is 38.1 Å². The zero-order valence-electron chi connectivity index (χ0n) is 10.8. The second-order valence-corrected chi connectivity index (χ2v) is 4.74. The maximum atomic E-state index is 9.26. The normalized spacial score (nSPS) is 16.8. The van der Waals surface area contributed by atoms with Gasteiger partial charge >= 0.3 is 0 Å². The third kappa shape index (κ3) is 2.53. The number of phenols is 1.